The Morgan fingerprint density at radius 2 is 2.36 bits per heavy atom. The van der Waals surface area contributed by atoms with Crippen molar-refractivity contribution in [2.45, 2.75) is 25.8 Å². The van der Waals surface area contributed by atoms with Gasteiger partial charge in [0.05, 0.1) is 11.9 Å². The quantitative estimate of drug-likeness (QED) is 0.882. The van der Waals surface area contributed by atoms with Crippen molar-refractivity contribution in [3.8, 4) is 11.3 Å². The van der Waals surface area contributed by atoms with Crippen molar-refractivity contribution in [3.63, 3.8) is 0 Å². The molecule has 5 heteroatoms. The Morgan fingerprint density at radius 1 is 1.45 bits per heavy atom. The molecule has 2 aromatic rings. The van der Waals surface area contributed by atoms with Crippen molar-refractivity contribution in [2.24, 2.45) is 13.0 Å². The molecular formula is C17H20N4O. The van der Waals surface area contributed by atoms with Crippen LogP contribution in [0.25, 0.3) is 11.3 Å². The third-order valence-electron chi connectivity index (χ3n) is 3.93. The van der Waals surface area contributed by atoms with Crippen LogP contribution in [-0.2, 0) is 18.4 Å². The Hall–Kier alpha value is -2.43. The van der Waals surface area contributed by atoms with E-state index in [2.05, 4.69) is 27.6 Å². The van der Waals surface area contributed by atoms with Crippen LogP contribution in [0, 0.1) is 5.92 Å². The maximum atomic E-state index is 12.2. The van der Waals surface area contributed by atoms with Crippen LogP contribution >= 0.6 is 0 Å². The lowest BCUT2D eigenvalue weighted by Gasteiger charge is -2.17. The monoisotopic (exact) mass is 296 g/mol. The number of carbonyl (C=O) groups is 1. The number of aromatic nitrogens is 3. The molecule has 2 heterocycles. The number of amides is 1. The number of nitrogens with zero attached hydrogens (tertiary/aromatic N) is 3. The van der Waals surface area contributed by atoms with E-state index in [1.807, 2.05) is 25.4 Å². The largest absolute Gasteiger partial charge is 0.352 e. The van der Waals surface area contributed by atoms with Gasteiger partial charge in [0, 0.05) is 37.5 Å². The molecule has 3 rings (SSSR count). The number of rotatable bonds is 4. The second-order valence-corrected chi connectivity index (χ2v) is 5.65. The molecule has 1 aliphatic rings. The van der Waals surface area contributed by atoms with Gasteiger partial charge in [0.1, 0.15) is 0 Å². The van der Waals surface area contributed by atoms with Crippen LogP contribution in [0.4, 0.5) is 0 Å². The highest BCUT2D eigenvalue weighted by Crippen LogP contribution is 2.19. The van der Waals surface area contributed by atoms with Crippen molar-refractivity contribution in [3.05, 3.63) is 48.4 Å². The van der Waals surface area contributed by atoms with Crippen molar-refractivity contribution in [1.29, 1.82) is 0 Å². The van der Waals surface area contributed by atoms with Crippen LogP contribution in [0.3, 0.4) is 0 Å². The minimum atomic E-state index is 0.115. The molecule has 0 radical (unpaired) electrons. The second kappa shape index (κ2) is 6.56. The molecule has 1 amide bonds. The van der Waals surface area contributed by atoms with Gasteiger partial charge in [-0.1, -0.05) is 12.2 Å². The van der Waals surface area contributed by atoms with E-state index in [9.17, 15) is 4.79 Å². The van der Waals surface area contributed by atoms with Crippen LogP contribution in [0.5, 0.6) is 0 Å². The molecule has 114 valence electrons. The summed E-state index contributed by atoms with van der Waals surface area (Å²) >= 11 is 0. The molecule has 1 N–H and O–H groups in total. The summed E-state index contributed by atoms with van der Waals surface area (Å²) in [5, 5.41) is 7.19. The molecule has 0 unspecified atom stereocenters. The Morgan fingerprint density at radius 3 is 3.09 bits per heavy atom. The average Bonchev–Trinajstić information content (AvgIpc) is 3.00. The zero-order valence-electron chi connectivity index (χ0n) is 12.7. The molecule has 0 aliphatic heterocycles. The zero-order valence-corrected chi connectivity index (χ0v) is 12.7. The van der Waals surface area contributed by atoms with Crippen molar-refractivity contribution >= 4 is 5.91 Å². The summed E-state index contributed by atoms with van der Waals surface area (Å²) in [6, 6.07) is 3.93. The van der Waals surface area contributed by atoms with E-state index in [-0.39, 0.29) is 11.8 Å². The molecular weight excluding hydrogens is 276 g/mol. The van der Waals surface area contributed by atoms with Gasteiger partial charge in [0.25, 0.3) is 0 Å². The van der Waals surface area contributed by atoms with Gasteiger partial charge in [-0.15, -0.1) is 0 Å². The van der Waals surface area contributed by atoms with Crippen molar-refractivity contribution in [2.75, 3.05) is 0 Å². The van der Waals surface area contributed by atoms with Crippen molar-refractivity contribution < 1.29 is 4.79 Å². The normalized spacial score (nSPS) is 17.4. The van der Waals surface area contributed by atoms with E-state index in [1.54, 1.807) is 17.1 Å². The van der Waals surface area contributed by atoms with Gasteiger partial charge >= 0.3 is 0 Å². The molecule has 5 nitrogen and oxygen atoms in total. The molecule has 0 saturated heterocycles. The number of nitrogens with one attached hydrogen (secondary N) is 1. The Kier molecular flexibility index (Phi) is 4.32. The fourth-order valence-corrected chi connectivity index (χ4v) is 2.66. The molecule has 0 aromatic carbocycles. The molecule has 0 saturated carbocycles. The lowest BCUT2D eigenvalue weighted by molar-refractivity contribution is -0.125. The highest BCUT2D eigenvalue weighted by atomic mass is 16.1. The fraction of sp³-hybridized carbons (Fsp3) is 0.353. The smallest absolute Gasteiger partial charge is 0.223 e. The van der Waals surface area contributed by atoms with E-state index >= 15 is 0 Å². The second-order valence-electron chi connectivity index (χ2n) is 5.65. The summed E-state index contributed by atoms with van der Waals surface area (Å²) in [4.78, 5) is 16.5. The fourth-order valence-electron chi connectivity index (χ4n) is 2.66. The highest BCUT2D eigenvalue weighted by Gasteiger charge is 2.18. The van der Waals surface area contributed by atoms with E-state index < -0.39 is 0 Å². The van der Waals surface area contributed by atoms with E-state index in [0.29, 0.717) is 6.54 Å². The predicted molar refractivity (Wildman–Crippen MR) is 84.8 cm³/mol. The first-order valence-electron chi connectivity index (χ1n) is 7.59. The number of carbonyl (C=O) groups excluding carboxylic acids is 1. The maximum absolute atomic E-state index is 12.2. The Balaban J connectivity index is 1.63. The predicted octanol–water partition coefficient (Wildman–Crippen LogP) is 2.45. The summed E-state index contributed by atoms with van der Waals surface area (Å²) in [6.07, 6.45) is 12.5. The first kappa shape index (κ1) is 14.5. The lowest BCUT2D eigenvalue weighted by Crippen LogP contribution is -2.30. The summed E-state index contributed by atoms with van der Waals surface area (Å²) in [5.74, 6) is 0.258. The first-order valence-corrected chi connectivity index (χ1v) is 7.59. The molecule has 0 fully saturated rings. The minimum absolute atomic E-state index is 0.115. The number of hydrogen-bond acceptors (Lipinski definition) is 3. The molecule has 1 atom stereocenters. The topological polar surface area (TPSA) is 59.8 Å². The summed E-state index contributed by atoms with van der Waals surface area (Å²) < 4.78 is 1.75. The first-order chi connectivity index (χ1) is 10.7. The zero-order chi connectivity index (χ0) is 15.4. The SMILES string of the molecule is Cn1cc(-c2cc(CNC(=O)[C@H]3CC=CCC3)ccn2)cn1. The molecule has 1 aliphatic carbocycles. The summed E-state index contributed by atoms with van der Waals surface area (Å²) in [5.41, 5.74) is 2.90. The van der Waals surface area contributed by atoms with Gasteiger partial charge in [-0.05, 0) is 37.0 Å². The van der Waals surface area contributed by atoms with E-state index in [4.69, 9.17) is 0 Å². The number of allylic oxidation sites excluding steroid dienone is 2. The average molecular weight is 296 g/mol. The van der Waals surface area contributed by atoms with Crippen LogP contribution < -0.4 is 5.32 Å². The van der Waals surface area contributed by atoms with Gasteiger partial charge < -0.3 is 5.32 Å². The third kappa shape index (κ3) is 3.42. The summed E-state index contributed by atoms with van der Waals surface area (Å²) in [6.45, 7) is 0.537. The third-order valence-corrected chi connectivity index (χ3v) is 3.93. The van der Waals surface area contributed by atoms with Crippen LogP contribution in [0.15, 0.2) is 42.9 Å². The lowest BCUT2D eigenvalue weighted by atomic mass is 9.93. The maximum Gasteiger partial charge on any atom is 0.223 e. The number of aryl methyl sites for hydroxylation is 1. The molecule has 0 spiro atoms. The summed E-state index contributed by atoms with van der Waals surface area (Å²) in [7, 11) is 1.88. The van der Waals surface area contributed by atoms with Crippen molar-refractivity contribution in [1.82, 2.24) is 20.1 Å². The highest BCUT2D eigenvalue weighted by molar-refractivity contribution is 5.79. The number of pyridine rings is 1. The number of hydrogen-bond donors (Lipinski definition) is 1. The van der Waals surface area contributed by atoms with Crippen LogP contribution in [0.2, 0.25) is 0 Å². The van der Waals surface area contributed by atoms with Gasteiger partial charge in [-0.3, -0.25) is 14.5 Å². The van der Waals surface area contributed by atoms with E-state index in [1.165, 1.54) is 0 Å². The van der Waals surface area contributed by atoms with Crippen LogP contribution in [-0.4, -0.2) is 20.7 Å². The van der Waals surface area contributed by atoms with Gasteiger partial charge in [0.2, 0.25) is 5.91 Å². The Bertz CT molecular complexity index is 689. The molecule has 22 heavy (non-hydrogen) atoms. The van der Waals surface area contributed by atoms with E-state index in [0.717, 1.165) is 36.1 Å². The van der Waals surface area contributed by atoms with Crippen LogP contribution in [0.1, 0.15) is 24.8 Å². The minimum Gasteiger partial charge on any atom is -0.352 e. The van der Waals surface area contributed by atoms with Gasteiger partial charge in [-0.2, -0.15) is 5.10 Å². The Labute approximate surface area is 130 Å². The van der Waals surface area contributed by atoms with Gasteiger partial charge in [-0.25, -0.2) is 0 Å². The molecule has 0 bridgehead atoms. The molecule has 2 aromatic heterocycles. The standard InChI is InChI=1S/C17H20N4O/c1-21-12-15(11-20-21)16-9-13(7-8-18-16)10-19-17(22)14-5-3-2-4-6-14/h2-3,7-9,11-12,14H,4-6,10H2,1H3,(H,19,22)/t14-/m0/s1. The van der Waals surface area contributed by atoms with Gasteiger partial charge in [0.15, 0.2) is 0 Å².